The molecule has 0 aliphatic rings. The van der Waals surface area contributed by atoms with Gasteiger partial charge >= 0.3 is 5.97 Å². The van der Waals surface area contributed by atoms with E-state index in [4.69, 9.17) is 14.2 Å². The van der Waals surface area contributed by atoms with Crippen LogP contribution in [0.4, 0.5) is 0 Å². The molecule has 0 aliphatic heterocycles. The van der Waals surface area contributed by atoms with Crippen LogP contribution in [0, 0.1) is 0 Å². The zero-order valence-corrected chi connectivity index (χ0v) is 19.6. The number of halogens is 1. The van der Waals surface area contributed by atoms with E-state index in [1.807, 2.05) is 25.1 Å². The molecule has 0 unspecified atom stereocenters. The molecule has 0 bridgehead atoms. The minimum absolute atomic E-state index is 0.181. The molecule has 0 spiro atoms. The summed E-state index contributed by atoms with van der Waals surface area (Å²) in [7, 11) is 0. The largest absolute Gasteiger partial charge is 0.494 e. The quantitative estimate of drug-likeness (QED) is 0.180. The number of carbonyl (C=O) groups is 2. The van der Waals surface area contributed by atoms with Gasteiger partial charge in [-0.2, -0.15) is 5.10 Å². The van der Waals surface area contributed by atoms with E-state index in [9.17, 15) is 9.59 Å². The van der Waals surface area contributed by atoms with E-state index in [2.05, 4.69) is 26.5 Å². The van der Waals surface area contributed by atoms with Gasteiger partial charge in [-0.25, -0.2) is 10.2 Å². The fraction of sp³-hybridized carbons (Fsp3) is 0.160. The summed E-state index contributed by atoms with van der Waals surface area (Å²) in [5.74, 6) is 0.635. The molecule has 0 fully saturated rings. The second kappa shape index (κ2) is 12.4. The lowest BCUT2D eigenvalue weighted by atomic mass is 10.2. The van der Waals surface area contributed by atoms with Crippen LogP contribution >= 0.6 is 15.9 Å². The summed E-state index contributed by atoms with van der Waals surface area (Å²) in [6, 6.07) is 20.8. The predicted octanol–water partition coefficient (Wildman–Crippen LogP) is 4.99. The minimum Gasteiger partial charge on any atom is -0.494 e. The summed E-state index contributed by atoms with van der Waals surface area (Å²) in [6.45, 7) is 2.45. The standard InChI is InChI=1S/C25H23BrN2O5/c1-2-14-31-22-11-8-18(9-12-22)25(30)33-23-13-10-20(26)15-19(23)16-27-28-24(29)17-32-21-6-4-3-5-7-21/h3-13,15-16H,2,14,17H2,1H3,(H,28,29). The molecule has 0 radical (unpaired) electrons. The highest BCUT2D eigenvalue weighted by Crippen LogP contribution is 2.23. The fourth-order valence-electron chi connectivity index (χ4n) is 2.65. The Kier molecular flexibility index (Phi) is 9.02. The van der Waals surface area contributed by atoms with Crippen molar-refractivity contribution in [3.8, 4) is 17.2 Å². The topological polar surface area (TPSA) is 86.2 Å². The Balaban J connectivity index is 1.60. The monoisotopic (exact) mass is 510 g/mol. The summed E-state index contributed by atoms with van der Waals surface area (Å²) in [5.41, 5.74) is 3.28. The molecule has 3 aromatic carbocycles. The van der Waals surface area contributed by atoms with Crippen LogP contribution in [-0.4, -0.2) is 31.3 Å². The maximum absolute atomic E-state index is 12.6. The van der Waals surface area contributed by atoms with Gasteiger partial charge in [0.25, 0.3) is 5.91 Å². The molecule has 1 N–H and O–H groups in total. The molecule has 0 atom stereocenters. The van der Waals surface area contributed by atoms with Gasteiger partial charge in [-0.3, -0.25) is 4.79 Å². The van der Waals surface area contributed by atoms with E-state index in [0.29, 0.717) is 35.0 Å². The van der Waals surface area contributed by atoms with Crippen molar-refractivity contribution in [2.75, 3.05) is 13.2 Å². The molecule has 0 aliphatic carbocycles. The van der Waals surface area contributed by atoms with E-state index in [-0.39, 0.29) is 6.61 Å². The van der Waals surface area contributed by atoms with Crippen molar-refractivity contribution >= 4 is 34.0 Å². The number of para-hydroxylation sites is 1. The van der Waals surface area contributed by atoms with Crippen LogP contribution in [0.15, 0.2) is 82.4 Å². The summed E-state index contributed by atoms with van der Waals surface area (Å²) in [6.07, 6.45) is 2.30. The van der Waals surface area contributed by atoms with E-state index in [1.54, 1.807) is 54.6 Å². The SMILES string of the molecule is CCCOc1ccc(C(=O)Oc2ccc(Br)cc2C=NNC(=O)COc2ccccc2)cc1. The molecule has 170 valence electrons. The molecule has 0 saturated carbocycles. The number of ether oxygens (including phenoxy) is 3. The van der Waals surface area contributed by atoms with Gasteiger partial charge in [-0.1, -0.05) is 41.1 Å². The lowest BCUT2D eigenvalue weighted by Crippen LogP contribution is -2.24. The van der Waals surface area contributed by atoms with Gasteiger partial charge in [-0.15, -0.1) is 0 Å². The molecule has 0 heterocycles. The third kappa shape index (κ3) is 7.76. The predicted molar refractivity (Wildman–Crippen MR) is 129 cm³/mol. The molecule has 1 amide bonds. The average Bonchev–Trinajstić information content (AvgIpc) is 2.84. The van der Waals surface area contributed by atoms with Crippen molar-refractivity contribution in [3.05, 3.63) is 88.4 Å². The van der Waals surface area contributed by atoms with Crippen LogP contribution < -0.4 is 19.6 Å². The number of hydrogen-bond donors (Lipinski definition) is 1. The lowest BCUT2D eigenvalue weighted by Gasteiger charge is -2.09. The number of amides is 1. The lowest BCUT2D eigenvalue weighted by molar-refractivity contribution is -0.123. The van der Waals surface area contributed by atoms with Gasteiger partial charge < -0.3 is 14.2 Å². The Hall–Kier alpha value is -3.65. The average molecular weight is 511 g/mol. The van der Waals surface area contributed by atoms with Crippen LogP contribution in [0.25, 0.3) is 0 Å². The number of rotatable bonds is 10. The zero-order valence-electron chi connectivity index (χ0n) is 18.0. The van der Waals surface area contributed by atoms with Crippen molar-refractivity contribution in [2.24, 2.45) is 5.10 Å². The summed E-state index contributed by atoms with van der Waals surface area (Å²) >= 11 is 3.38. The van der Waals surface area contributed by atoms with Crippen LogP contribution in [0.2, 0.25) is 0 Å². The number of carbonyl (C=O) groups excluding carboxylic acids is 2. The molecule has 0 aromatic heterocycles. The third-order valence-corrected chi connectivity index (χ3v) is 4.74. The highest BCUT2D eigenvalue weighted by Gasteiger charge is 2.12. The maximum atomic E-state index is 12.6. The molecule has 0 saturated heterocycles. The molecule has 8 heteroatoms. The Bertz CT molecular complexity index is 1100. The smallest absolute Gasteiger partial charge is 0.343 e. The van der Waals surface area contributed by atoms with E-state index < -0.39 is 11.9 Å². The first kappa shape index (κ1) is 24.0. The van der Waals surface area contributed by atoms with E-state index in [1.165, 1.54) is 6.21 Å². The van der Waals surface area contributed by atoms with Crippen molar-refractivity contribution in [1.82, 2.24) is 5.43 Å². The maximum Gasteiger partial charge on any atom is 0.343 e. The van der Waals surface area contributed by atoms with Gasteiger partial charge in [0.2, 0.25) is 0 Å². The third-order valence-electron chi connectivity index (χ3n) is 4.24. The van der Waals surface area contributed by atoms with E-state index in [0.717, 1.165) is 10.9 Å². The molecule has 33 heavy (non-hydrogen) atoms. The summed E-state index contributed by atoms with van der Waals surface area (Å²) in [4.78, 5) is 24.5. The van der Waals surface area contributed by atoms with E-state index >= 15 is 0 Å². The van der Waals surface area contributed by atoms with Crippen LogP contribution in [0.5, 0.6) is 17.2 Å². The highest BCUT2D eigenvalue weighted by molar-refractivity contribution is 9.10. The van der Waals surface area contributed by atoms with Gasteiger partial charge in [-0.05, 0) is 61.0 Å². The Morgan fingerprint density at radius 1 is 0.970 bits per heavy atom. The number of nitrogens with zero attached hydrogens (tertiary/aromatic N) is 1. The first-order valence-corrected chi connectivity index (χ1v) is 11.1. The number of benzene rings is 3. The van der Waals surface area contributed by atoms with Gasteiger partial charge in [0.15, 0.2) is 6.61 Å². The number of esters is 1. The molecule has 3 rings (SSSR count). The molecule has 7 nitrogen and oxygen atoms in total. The second-order valence-electron chi connectivity index (χ2n) is 6.84. The molecular weight excluding hydrogens is 488 g/mol. The van der Waals surface area contributed by atoms with Gasteiger partial charge in [0.05, 0.1) is 18.4 Å². The van der Waals surface area contributed by atoms with Crippen molar-refractivity contribution in [1.29, 1.82) is 0 Å². The summed E-state index contributed by atoms with van der Waals surface area (Å²) < 4.78 is 17.2. The Labute approximate surface area is 200 Å². The first-order valence-electron chi connectivity index (χ1n) is 10.3. The second-order valence-corrected chi connectivity index (χ2v) is 7.76. The number of hydrazone groups is 1. The van der Waals surface area contributed by atoms with Crippen LogP contribution in [0.1, 0.15) is 29.3 Å². The molecule has 3 aromatic rings. The Morgan fingerprint density at radius 3 is 2.42 bits per heavy atom. The van der Waals surface area contributed by atoms with Crippen molar-refractivity contribution in [3.63, 3.8) is 0 Å². The van der Waals surface area contributed by atoms with Crippen molar-refractivity contribution in [2.45, 2.75) is 13.3 Å². The summed E-state index contributed by atoms with van der Waals surface area (Å²) in [5, 5.41) is 3.94. The molecular formula is C25H23BrN2O5. The first-order chi connectivity index (χ1) is 16.0. The number of nitrogens with one attached hydrogen (secondary N) is 1. The van der Waals surface area contributed by atoms with Crippen molar-refractivity contribution < 1.29 is 23.8 Å². The zero-order chi connectivity index (χ0) is 23.5. The minimum atomic E-state index is -0.519. The van der Waals surface area contributed by atoms with Crippen LogP contribution in [-0.2, 0) is 4.79 Å². The highest BCUT2D eigenvalue weighted by atomic mass is 79.9. The fourth-order valence-corrected chi connectivity index (χ4v) is 3.03. The normalized spacial score (nSPS) is 10.6. The van der Waals surface area contributed by atoms with Gasteiger partial charge in [0.1, 0.15) is 17.2 Å². The Morgan fingerprint density at radius 2 is 1.70 bits per heavy atom. The number of hydrogen-bond acceptors (Lipinski definition) is 6. The van der Waals surface area contributed by atoms with Crippen LogP contribution in [0.3, 0.4) is 0 Å². The van der Waals surface area contributed by atoms with Gasteiger partial charge in [0, 0.05) is 10.0 Å².